The van der Waals surface area contributed by atoms with Gasteiger partial charge in [-0.05, 0) is 37.6 Å². The number of halogens is 4. The van der Waals surface area contributed by atoms with Gasteiger partial charge in [-0.2, -0.15) is 0 Å². The number of hydrogen-bond donors (Lipinski definition) is 1. The molecule has 1 aliphatic carbocycles. The Morgan fingerprint density at radius 1 is 1.08 bits per heavy atom. The first kappa shape index (κ1) is 27.3. The number of amides is 1. The van der Waals surface area contributed by atoms with E-state index in [4.69, 9.17) is 18.9 Å². The lowest BCUT2D eigenvalue weighted by atomic mass is 9.78. The Kier molecular flexibility index (Phi) is 7.80. The van der Waals surface area contributed by atoms with E-state index < -0.39 is 47.8 Å². The van der Waals surface area contributed by atoms with Gasteiger partial charge in [0.2, 0.25) is 0 Å². The Bertz CT molecular complexity index is 1110. The Labute approximate surface area is 212 Å². The predicted octanol–water partition coefficient (Wildman–Crippen LogP) is 4.63. The fourth-order valence-corrected chi connectivity index (χ4v) is 4.80. The summed E-state index contributed by atoms with van der Waals surface area (Å²) >= 11 is 0. The standard InChI is InChI=1S/C26H29F4NO6/c1-24(2)36-21-13-25(23(32)31-3,34-15-17-8-4-5-10-19(17)27)12-20(22(21)37-24)33-14-16-7-6-9-18(11-16)35-26(28,29)30/h4-11,20-22H,12-15H2,1-3H3,(H,31,32)/t20?,21-,22+,25-/m1/s1. The highest BCUT2D eigenvalue weighted by molar-refractivity contribution is 5.85. The van der Waals surface area contributed by atoms with E-state index in [0.717, 1.165) is 0 Å². The smallest absolute Gasteiger partial charge is 0.406 e. The lowest BCUT2D eigenvalue weighted by molar-refractivity contribution is -0.274. The number of benzene rings is 2. The number of likely N-dealkylation sites (N-methyl/N-ethyl adjacent to an activating group) is 1. The van der Waals surface area contributed by atoms with Gasteiger partial charge >= 0.3 is 6.36 Å². The van der Waals surface area contributed by atoms with Crippen molar-refractivity contribution in [3.05, 3.63) is 65.5 Å². The molecule has 0 aromatic heterocycles. The lowest BCUT2D eigenvalue weighted by Crippen LogP contribution is -2.59. The van der Waals surface area contributed by atoms with Crippen molar-refractivity contribution in [2.75, 3.05) is 7.05 Å². The topological polar surface area (TPSA) is 75.3 Å². The second-order valence-electron chi connectivity index (χ2n) is 9.55. The Morgan fingerprint density at radius 2 is 1.84 bits per heavy atom. The fourth-order valence-electron chi connectivity index (χ4n) is 4.80. The molecule has 1 heterocycles. The molecule has 4 atom stereocenters. The maximum absolute atomic E-state index is 14.3. The van der Waals surface area contributed by atoms with Crippen molar-refractivity contribution in [1.29, 1.82) is 0 Å². The van der Waals surface area contributed by atoms with E-state index in [-0.39, 0.29) is 37.4 Å². The van der Waals surface area contributed by atoms with E-state index in [1.54, 1.807) is 38.1 Å². The molecule has 1 unspecified atom stereocenters. The molecule has 1 saturated heterocycles. The van der Waals surface area contributed by atoms with Gasteiger partial charge in [0.15, 0.2) is 11.4 Å². The first-order chi connectivity index (χ1) is 17.4. The summed E-state index contributed by atoms with van der Waals surface area (Å²) in [4.78, 5) is 13.1. The highest BCUT2D eigenvalue weighted by Gasteiger charge is 2.57. The number of carbonyl (C=O) groups is 1. The minimum Gasteiger partial charge on any atom is -0.406 e. The van der Waals surface area contributed by atoms with Crippen molar-refractivity contribution in [3.63, 3.8) is 0 Å². The van der Waals surface area contributed by atoms with Crippen LogP contribution in [0.1, 0.15) is 37.8 Å². The van der Waals surface area contributed by atoms with Crippen LogP contribution >= 0.6 is 0 Å². The minimum absolute atomic E-state index is 0.0560. The molecule has 1 amide bonds. The molecule has 2 fully saturated rings. The van der Waals surface area contributed by atoms with Gasteiger partial charge in [0.25, 0.3) is 5.91 Å². The van der Waals surface area contributed by atoms with Gasteiger partial charge in [-0.15, -0.1) is 13.2 Å². The zero-order chi connectivity index (χ0) is 26.8. The van der Waals surface area contributed by atoms with Gasteiger partial charge < -0.3 is 29.0 Å². The van der Waals surface area contributed by atoms with Crippen LogP contribution in [0.3, 0.4) is 0 Å². The number of fused-ring (bicyclic) bond motifs is 1. The number of ether oxygens (including phenoxy) is 5. The van der Waals surface area contributed by atoms with E-state index in [9.17, 15) is 22.4 Å². The van der Waals surface area contributed by atoms with Crippen LogP contribution in [-0.4, -0.2) is 49.0 Å². The molecular weight excluding hydrogens is 498 g/mol. The van der Waals surface area contributed by atoms with Crippen LogP contribution in [0.2, 0.25) is 0 Å². The average molecular weight is 528 g/mol. The molecule has 7 nitrogen and oxygen atoms in total. The van der Waals surface area contributed by atoms with E-state index in [0.29, 0.717) is 5.56 Å². The van der Waals surface area contributed by atoms with Gasteiger partial charge in [-0.25, -0.2) is 4.39 Å². The summed E-state index contributed by atoms with van der Waals surface area (Å²) in [5.41, 5.74) is -0.705. The Morgan fingerprint density at radius 3 is 2.54 bits per heavy atom. The third-order valence-electron chi connectivity index (χ3n) is 6.35. The molecule has 2 aromatic carbocycles. The molecule has 0 radical (unpaired) electrons. The number of rotatable bonds is 8. The third kappa shape index (κ3) is 6.59. The van der Waals surface area contributed by atoms with Gasteiger partial charge in [-0.1, -0.05) is 30.3 Å². The highest BCUT2D eigenvalue weighted by atomic mass is 19.4. The van der Waals surface area contributed by atoms with Crippen molar-refractivity contribution in [2.45, 2.75) is 76.0 Å². The number of hydrogen-bond acceptors (Lipinski definition) is 6. The molecule has 1 N–H and O–H groups in total. The molecule has 11 heteroatoms. The van der Waals surface area contributed by atoms with Gasteiger partial charge in [0.1, 0.15) is 17.7 Å². The van der Waals surface area contributed by atoms with Crippen molar-refractivity contribution in [1.82, 2.24) is 5.32 Å². The zero-order valence-corrected chi connectivity index (χ0v) is 20.6. The molecule has 1 aliphatic heterocycles. The first-order valence-corrected chi connectivity index (χ1v) is 11.8. The van der Waals surface area contributed by atoms with Gasteiger partial charge in [0.05, 0.1) is 25.4 Å². The summed E-state index contributed by atoms with van der Waals surface area (Å²) in [6.07, 6.45) is -6.47. The number of alkyl halides is 3. The monoisotopic (exact) mass is 527 g/mol. The van der Waals surface area contributed by atoms with Crippen molar-refractivity contribution in [3.8, 4) is 5.75 Å². The quantitative estimate of drug-likeness (QED) is 0.505. The Hall–Kier alpha value is -2.73. The largest absolute Gasteiger partial charge is 0.573 e. The normalized spacial score (nSPS) is 26.9. The van der Waals surface area contributed by atoms with Crippen LogP contribution in [0.15, 0.2) is 48.5 Å². The van der Waals surface area contributed by atoms with Gasteiger partial charge in [-0.3, -0.25) is 4.79 Å². The summed E-state index contributed by atoms with van der Waals surface area (Å²) in [5.74, 6) is -2.21. The van der Waals surface area contributed by atoms with Crippen LogP contribution in [0.4, 0.5) is 17.6 Å². The summed E-state index contributed by atoms with van der Waals surface area (Å²) in [6.45, 7) is 3.24. The molecule has 2 aliphatic rings. The lowest BCUT2D eigenvalue weighted by Gasteiger charge is -2.43. The van der Waals surface area contributed by atoms with Crippen molar-refractivity contribution < 1.29 is 46.0 Å². The fraction of sp³-hybridized carbons (Fsp3) is 0.500. The van der Waals surface area contributed by atoms with Crippen LogP contribution in [0.25, 0.3) is 0 Å². The molecule has 4 rings (SSSR count). The zero-order valence-electron chi connectivity index (χ0n) is 20.6. The maximum atomic E-state index is 14.3. The summed E-state index contributed by atoms with van der Waals surface area (Å²) < 4.78 is 80.5. The summed E-state index contributed by atoms with van der Waals surface area (Å²) in [7, 11) is 1.47. The van der Waals surface area contributed by atoms with E-state index in [2.05, 4.69) is 10.1 Å². The van der Waals surface area contributed by atoms with E-state index >= 15 is 0 Å². The summed E-state index contributed by atoms with van der Waals surface area (Å²) in [6, 6.07) is 11.5. The molecule has 1 saturated carbocycles. The second-order valence-corrected chi connectivity index (χ2v) is 9.55. The van der Waals surface area contributed by atoms with Crippen molar-refractivity contribution >= 4 is 5.91 Å². The highest BCUT2D eigenvalue weighted by Crippen LogP contribution is 2.44. The van der Waals surface area contributed by atoms with Crippen LogP contribution < -0.4 is 10.1 Å². The summed E-state index contributed by atoms with van der Waals surface area (Å²) in [5, 5.41) is 2.62. The number of nitrogens with one attached hydrogen (secondary N) is 1. The number of carbonyl (C=O) groups excluding carboxylic acids is 1. The van der Waals surface area contributed by atoms with Crippen molar-refractivity contribution in [2.24, 2.45) is 0 Å². The van der Waals surface area contributed by atoms with E-state index in [1.165, 1.54) is 31.3 Å². The Balaban J connectivity index is 1.56. The van der Waals surface area contributed by atoms with Crippen LogP contribution in [-0.2, 0) is 37.0 Å². The van der Waals surface area contributed by atoms with E-state index in [1.807, 2.05) is 0 Å². The molecule has 37 heavy (non-hydrogen) atoms. The first-order valence-electron chi connectivity index (χ1n) is 11.8. The predicted molar refractivity (Wildman–Crippen MR) is 123 cm³/mol. The SMILES string of the molecule is CNC(=O)[C@@]1(OCc2ccccc2F)CC(OCc2cccc(OC(F)(F)F)c2)[C@@H]2OC(C)(C)O[C@@H]2C1. The molecule has 0 spiro atoms. The molecule has 202 valence electrons. The van der Waals surface area contributed by atoms with Gasteiger partial charge in [0, 0.05) is 25.5 Å². The molecular formula is C26H29F4NO6. The van der Waals surface area contributed by atoms with Crippen LogP contribution in [0, 0.1) is 5.82 Å². The maximum Gasteiger partial charge on any atom is 0.573 e. The van der Waals surface area contributed by atoms with Crippen LogP contribution in [0.5, 0.6) is 5.75 Å². The second kappa shape index (κ2) is 10.6. The average Bonchev–Trinajstić information content (AvgIpc) is 3.14. The molecule has 2 aromatic rings. The third-order valence-corrected chi connectivity index (χ3v) is 6.35. The molecule has 0 bridgehead atoms. The minimum atomic E-state index is -4.82.